The van der Waals surface area contributed by atoms with Crippen LogP contribution in [0, 0.1) is 11.8 Å². The number of hydrazine groups is 1. The van der Waals surface area contributed by atoms with Crippen LogP contribution in [0.25, 0.3) is 0 Å². The van der Waals surface area contributed by atoms with Gasteiger partial charge in [-0.15, -0.1) is 5.59 Å². The van der Waals surface area contributed by atoms with Gasteiger partial charge in [-0.1, -0.05) is 60.0 Å². The number of nitrogens with zero attached hydrogens (tertiary/aromatic N) is 2. The molecular formula is C26H29ClN4O2. The van der Waals surface area contributed by atoms with E-state index in [-0.39, 0.29) is 12.1 Å². The number of hydrogen-bond donors (Lipinski definition) is 3. The maximum Gasteiger partial charge on any atom is 0.177 e. The van der Waals surface area contributed by atoms with E-state index in [0.717, 1.165) is 43.5 Å². The van der Waals surface area contributed by atoms with Gasteiger partial charge in [-0.05, 0) is 48.2 Å². The zero-order valence-corrected chi connectivity index (χ0v) is 19.4. The van der Waals surface area contributed by atoms with Crippen LogP contribution >= 0.6 is 11.6 Å². The Morgan fingerprint density at radius 2 is 1.67 bits per heavy atom. The highest BCUT2D eigenvalue weighted by Gasteiger charge is 2.26. The van der Waals surface area contributed by atoms with E-state index in [1.165, 1.54) is 11.1 Å². The van der Waals surface area contributed by atoms with Crippen LogP contribution in [0.15, 0.2) is 71.1 Å². The molecule has 1 unspecified atom stereocenters. The summed E-state index contributed by atoms with van der Waals surface area (Å²) < 4.78 is 5.89. The second kappa shape index (κ2) is 11.5. The molecule has 1 aliphatic heterocycles. The van der Waals surface area contributed by atoms with Gasteiger partial charge in [0.25, 0.3) is 0 Å². The Bertz CT molecular complexity index is 1070. The minimum absolute atomic E-state index is 0.199. The maximum absolute atomic E-state index is 8.65. The highest BCUT2D eigenvalue weighted by atomic mass is 35.5. The summed E-state index contributed by atoms with van der Waals surface area (Å²) in [6.45, 7) is 6.45. The molecule has 2 aromatic carbocycles. The molecule has 1 aliphatic rings. The summed E-state index contributed by atoms with van der Waals surface area (Å²) in [5.41, 5.74) is 7.05. The van der Waals surface area contributed by atoms with Gasteiger partial charge in [0.2, 0.25) is 0 Å². The second-order valence-electron chi connectivity index (χ2n) is 8.19. The number of rotatable bonds is 7. The fourth-order valence-corrected chi connectivity index (χ4v) is 4.26. The monoisotopic (exact) mass is 464 g/mol. The average Bonchev–Trinajstić information content (AvgIpc) is 3.28. The minimum Gasteiger partial charge on any atom is -0.451 e. The molecule has 0 aliphatic carbocycles. The number of nitrogens with one attached hydrogen (secondary N) is 2. The third-order valence-corrected chi connectivity index (χ3v) is 6.06. The first-order valence-electron chi connectivity index (χ1n) is 11.1. The maximum atomic E-state index is 8.65. The van der Waals surface area contributed by atoms with Gasteiger partial charge in [0, 0.05) is 31.2 Å². The predicted octanol–water partition coefficient (Wildman–Crippen LogP) is 4.06. The summed E-state index contributed by atoms with van der Waals surface area (Å²) >= 11 is 6.14. The Labute approximate surface area is 200 Å². The summed E-state index contributed by atoms with van der Waals surface area (Å²) in [7, 11) is 0. The van der Waals surface area contributed by atoms with E-state index in [1.807, 2.05) is 36.8 Å². The van der Waals surface area contributed by atoms with Gasteiger partial charge in [0.15, 0.2) is 5.76 Å². The first-order valence-corrected chi connectivity index (χ1v) is 11.5. The van der Waals surface area contributed by atoms with Crippen LogP contribution in [-0.4, -0.2) is 47.2 Å². The van der Waals surface area contributed by atoms with Gasteiger partial charge >= 0.3 is 0 Å². The Morgan fingerprint density at radius 1 is 0.970 bits per heavy atom. The molecule has 0 bridgehead atoms. The largest absolute Gasteiger partial charge is 0.451 e. The number of halogens is 1. The Morgan fingerprint density at radius 3 is 2.36 bits per heavy atom. The zero-order chi connectivity index (χ0) is 23.0. The van der Waals surface area contributed by atoms with Gasteiger partial charge in [0.1, 0.15) is 5.76 Å². The van der Waals surface area contributed by atoms with Crippen LogP contribution in [0.2, 0.25) is 5.02 Å². The summed E-state index contributed by atoms with van der Waals surface area (Å²) in [5.74, 6) is 7.48. The molecule has 7 heteroatoms. The van der Waals surface area contributed by atoms with E-state index < -0.39 is 0 Å². The van der Waals surface area contributed by atoms with Crippen LogP contribution in [0.5, 0.6) is 0 Å². The number of furan rings is 1. The highest BCUT2D eigenvalue weighted by Crippen LogP contribution is 2.30. The van der Waals surface area contributed by atoms with Crippen molar-refractivity contribution in [1.29, 1.82) is 0 Å². The van der Waals surface area contributed by atoms with Crippen molar-refractivity contribution in [3.8, 4) is 11.8 Å². The standard InChI is InChI=1S/C26H29ClN4O2/c1-20(28-29-32)7-12-24-13-14-25(33-24)19-30-15-17-31(18-16-30)26(21-5-3-2-4-6-21)22-8-10-23(27)11-9-22/h2-6,8-11,13-14,20,26,28-29,32H,15-19H2,1H3/t20?,26-/m1/s1. The Kier molecular flexibility index (Phi) is 8.19. The van der Waals surface area contributed by atoms with Gasteiger partial charge < -0.3 is 9.62 Å². The summed E-state index contributed by atoms with van der Waals surface area (Å²) in [4.78, 5) is 4.95. The molecule has 0 radical (unpaired) electrons. The molecule has 0 saturated carbocycles. The molecule has 0 spiro atoms. The van der Waals surface area contributed by atoms with E-state index in [1.54, 1.807) is 0 Å². The fourth-order valence-electron chi connectivity index (χ4n) is 4.14. The lowest BCUT2D eigenvalue weighted by atomic mass is 9.96. The fraction of sp³-hybridized carbons (Fsp3) is 0.308. The molecule has 6 nitrogen and oxygen atoms in total. The van der Waals surface area contributed by atoms with Crippen molar-refractivity contribution in [2.45, 2.75) is 25.6 Å². The number of benzene rings is 2. The lowest BCUT2D eigenvalue weighted by Crippen LogP contribution is -2.47. The second-order valence-corrected chi connectivity index (χ2v) is 8.63. The van der Waals surface area contributed by atoms with Crippen molar-refractivity contribution in [1.82, 2.24) is 20.8 Å². The van der Waals surface area contributed by atoms with Crippen molar-refractivity contribution in [2.24, 2.45) is 0 Å². The van der Waals surface area contributed by atoms with Crippen molar-refractivity contribution >= 4 is 11.6 Å². The first-order chi connectivity index (χ1) is 16.1. The van der Waals surface area contributed by atoms with E-state index in [4.69, 9.17) is 21.2 Å². The van der Waals surface area contributed by atoms with Crippen LogP contribution in [0.1, 0.15) is 35.6 Å². The normalized spacial score (nSPS) is 16.7. The van der Waals surface area contributed by atoms with Crippen molar-refractivity contribution in [2.75, 3.05) is 26.2 Å². The quantitative estimate of drug-likeness (QED) is 0.362. The van der Waals surface area contributed by atoms with E-state index in [2.05, 4.69) is 69.5 Å². The third-order valence-electron chi connectivity index (χ3n) is 5.81. The topological polar surface area (TPSA) is 63.9 Å². The SMILES string of the molecule is CC(C#Cc1ccc(CN2CCN([C@H](c3ccccc3)c3ccc(Cl)cc3)CC2)o1)NNO. The van der Waals surface area contributed by atoms with Crippen LogP contribution < -0.4 is 11.0 Å². The number of piperazine rings is 1. The van der Waals surface area contributed by atoms with Crippen LogP contribution in [0.3, 0.4) is 0 Å². The van der Waals surface area contributed by atoms with Crippen molar-refractivity contribution < 1.29 is 9.62 Å². The molecule has 2 heterocycles. The van der Waals surface area contributed by atoms with Crippen LogP contribution in [-0.2, 0) is 6.54 Å². The molecule has 1 aromatic heterocycles. The van der Waals surface area contributed by atoms with Gasteiger partial charge in [-0.2, -0.15) is 0 Å². The Hall–Kier alpha value is -2.63. The minimum atomic E-state index is -0.199. The molecule has 4 rings (SSSR count). The molecule has 33 heavy (non-hydrogen) atoms. The molecule has 3 N–H and O–H groups in total. The third kappa shape index (κ3) is 6.46. The predicted molar refractivity (Wildman–Crippen MR) is 130 cm³/mol. The first kappa shape index (κ1) is 23.5. The molecular weight excluding hydrogens is 436 g/mol. The molecule has 1 fully saturated rings. The average molecular weight is 465 g/mol. The number of hydrogen-bond acceptors (Lipinski definition) is 6. The van der Waals surface area contributed by atoms with Crippen LogP contribution in [0.4, 0.5) is 0 Å². The van der Waals surface area contributed by atoms with Crippen molar-refractivity contribution in [3.05, 3.63) is 94.4 Å². The molecule has 3 aromatic rings. The van der Waals surface area contributed by atoms with E-state index in [0.29, 0.717) is 5.76 Å². The lowest BCUT2D eigenvalue weighted by molar-refractivity contribution is 0.0996. The molecule has 1 saturated heterocycles. The molecule has 2 atom stereocenters. The highest BCUT2D eigenvalue weighted by molar-refractivity contribution is 6.30. The van der Waals surface area contributed by atoms with E-state index >= 15 is 0 Å². The zero-order valence-electron chi connectivity index (χ0n) is 18.7. The molecule has 172 valence electrons. The van der Waals surface area contributed by atoms with Gasteiger partial charge in [-0.25, -0.2) is 5.43 Å². The van der Waals surface area contributed by atoms with Gasteiger partial charge in [-0.3, -0.25) is 9.80 Å². The van der Waals surface area contributed by atoms with E-state index in [9.17, 15) is 0 Å². The summed E-state index contributed by atoms with van der Waals surface area (Å²) in [6, 6.07) is 22.7. The molecule has 0 amide bonds. The summed E-state index contributed by atoms with van der Waals surface area (Å²) in [6.07, 6.45) is 0. The Balaban J connectivity index is 1.38. The summed E-state index contributed by atoms with van der Waals surface area (Å²) in [5, 5.41) is 9.41. The smallest absolute Gasteiger partial charge is 0.177 e. The van der Waals surface area contributed by atoms with Gasteiger partial charge in [0.05, 0.1) is 18.6 Å². The lowest BCUT2D eigenvalue weighted by Gasteiger charge is -2.39. The van der Waals surface area contributed by atoms with Crippen molar-refractivity contribution in [3.63, 3.8) is 0 Å².